The highest BCUT2D eigenvalue weighted by molar-refractivity contribution is 5.89. The van der Waals surface area contributed by atoms with Gasteiger partial charge in [0.15, 0.2) is 11.6 Å². The van der Waals surface area contributed by atoms with Gasteiger partial charge in [-0.1, -0.05) is 18.2 Å². The van der Waals surface area contributed by atoms with Gasteiger partial charge in [0.1, 0.15) is 12.0 Å². The fourth-order valence-corrected chi connectivity index (χ4v) is 2.50. The number of carbonyl (C=O) groups excluding carboxylic acids is 1. The molecule has 1 aromatic heterocycles. The summed E-state index contributed by atoms with van der Waals surface area (Å²) in [5, 5.41) is 5.91. The Hall–Kier alpha value is -3.61. The molecule has 3 rings (SSSR count). The van der Waals surface area contributed by atoms with Crippen LogP contribution in [0.25, 0.3) is 0 Å². The van der Waals surface area contributed by atoms with E-state index in [0.29, 0.717) is 17.3 Å². The summed E-state index contributed by atoms with van der Waals surface area (Å²) < 4.78 is 0. The molecule has 2 aromatic carbocycles. The summed E-state index contributed by atoms with van der Waals surface area (Å²) >= 11 is 0. The smallest absolute Gasteiger partial charge is 0.221 e. The van der Waals surface area contributed by atoms with Crippen LogP contribution in [0.5, 0.6) is 0 Å². The van der Waals surface area contributed by atoms with Crippen LogP contribution in [0.1, 0.15) is 6.92 Å². The lowest BCUT2D eigenvalue weighted by molar-refractivity contribution is -0.114. The minimum Gasteiger partial charge on any atom is -0.393 e. The van der Waals surface area contributed by atoms with E-state index in [1.54, 1.807) is 12.1 Å². The molecule has 0 bridgehead atoms. The van der Waals surface area contributed by atoms with Crippen molar-refractivity contribution >= 4 is 40.3 Å². The monoisotopic (exact) mass is 348 g/mol. The lowest BCUT2D eigenvalue weighted by atomic mass is 10.2. The van der Waals surface area contributed by atoms with E-state index in [1.807, 2.05) is 54.4 Å². The van der Waals surface area contributed by atoms with Crippen LogP contribution >= 0.6 is 0 Å². The van der Waals surface area contributed by atoms with Crippen molar-refractivity contribution < 1.29 is 4.79 Å². The van der Waals surface area contributed by atoms with Gasteiger partial charge in [-0.15, -0.1) is 0 Å². The van der Waals surface area contributed by atoms with Gasteiger partial charge < -0.3 is 21.3 Å². The highest BCUT2D eigenvalue weighted by Gasteiger charge is 2.13. The van der Waals surface area contributed by atoms with Crippen LogP contribution in [0.3, 0.4) is 0 Å². The fraction of sp³-hybridized carbons (Fsp3) is 0.105. The van der Waals surface area contributed by atoms with Crippen LogP contribution in [0.4, 0.5) is 34.4 Å². The van der Waals surface area contributed by atoms with E-state index in [0.717, 1.165) is 17.1 Å². The average Bonchev–Trinajstić information content (AvgIpc) is 2.65. The van der Waals surface area contributed by atoms with Crippen molar-refractivity contribution in [3.63, 3.8) is 0 Å². The van der Waals surface area contributed by atoms with Gasteiger partial charge in [0.2, 0.25) is 5.91 Å². The molecule has 1 heterocycles. The molecule has 0 fully saturated rings. The second kappa shape index (κ2) is 7.52. The van der Waals surface area contributed by atoms with E-state index in [9.17, 15) is 4.79 Å². The van der Waals surface area contributed by atoms with Crippen molar-refractivity contribution in [3.8, 4) is 0 Å². The van der Waals surface area contributed by atoms with Gasteiger partial charge >= 0.3 is 0 Å². The molecule has 1 amide bonds. The summed E-state index contributed by atoms with van der Waals surface area (Å²) in [6.45, 7) is 1.47. The number of nitrogens with two attached hydrogens (primary N) is 1. The Balaban J connectivity index is 1.82. The topological polar surface area (TPSA) is 96.2 Å². The Morgan fingerprint density at radius 2 is 1.65 bits per heavy atom. The van der Waals surface area contributed by atoms with Crippen LogP contribution < -0.4 is 21.3 Å². The van der Waals surface area contributed by atoms with Crippen molar-refractivity contribution in [3.05, 3.63) is 60.9 Å². The molecule has 0 aliphatic rings. The second-order valence-electron chi connectivity index (χ2n) is 5.74. The number of nitrogens with zero attached hydrogens (tertiary/aromatic N) is 3. The van der Waals surface area contributed by atoms with Crippen molar-refractivity contribution in [1.29, 1.82) is 0 Å². The third-order valence-corrected chi connectivity index (χ3v) is 3.79. The van der Waals surface area contributed by atoms with Crippen molar-refractivity contribution in [2.24, 2.45) is 0 Å². The summed E-state index contributed by atoms with van der Waals surface area (Å²) in [4.78, 5) is 21.5. The molecule has 0 spiro atoms. The molecule has 0 aliphatic carbocycles. The van der Waals surface area contributed by atoms with Crippen LogP contribution in [0.2, 0.25) is 0 Å². The van der Waals surface area contributed by atoms with Crippen LogP contribution in [0.15, 0.2) is 60.9 Å². The van der Waals surface area contributed by atoms with E-state index in [1.165, 1.54) is 13.3 Å². The zero-order valence-electron chi connectivity index (χ0n) is 14.6. The molecule has 0 unspecified atom stereocenters. The predicted octanol–water partition coefficient (Wildman–Crippen LogP) is 3.53. The fourth-order valence-electron chi connectivity index (χ4n) is 2.50. The molecule has 4 N–H and O–H groups in total. The third-order valence-electron chi connectivity index (χ3n) is 3.79. The molecule has 7 heteroatoms. The van der Waals surface area contributed by atoms with Crippen molar-refractivity contribution in [1.82, 2.24) is 9.97 Å². The van der Waals surface area contributed by atoms with Crippen LogP contribution in [0, 0.1) is 0 Å². The standard InChI is InChI=1S/C19H20N6O/c1-13(26)23-14-8-10-15(11-9-14)24-18-17(20)19(22-12-21-18)25(2)16-6-4-3-5-7-16/h3-12H,20H2,1-2H3,(H,23,26)(H,21,22,24). The SMILES string of the molecule is CC(=O)Nc1ccc(Nc2ncnc(N(C)c3ccccc3)c2N)cc1. The number of amides is 1. The van der Waals surface area contributed by atoms with E-state index in [2.05, 4.69) is 20.6 Å². The second-order valence-corrected chi connectivity index (χ2v) is 5.74. The molecular weight excluding hydrogens is 328 g/mol. The van der Waals surface area contributed by atoms with Crippen LogP contribution in [-0.2, 0) is 4.79 Å². The largest absolute Gasteiger partial charge is 0.393 e. The molecule has 3 aromatic rings. The quantitative estimate of drug-likeness (QED) is 0.653. The summed E-state index contributed by atoms with van der Waals surface area (Å²) in [6, 6.07) is 17.1. The number of anilines is 6. The number of carbonyl (C=O) groups is 1. The molecule has 7 nitrogen and oxygen atoms in total. The first kappa shape index (κ1) is 17.2. The minimum absolute atomic E-state index is 0.112. The van der Waals surface area contributed by atoms with E-state index < -0.39 is 0 Å². The molecule has 0 radical (unpaired) electrons. The lowest BCUT2D eigenvalue weighted by Crippen LogP contribution is -2.15. The van der Waals surface area contributed by atoms with E-state index >= 15 is 0 Å². The maximum Gasteiger partial charge on any atom is 0.221 e. The maximum atomic E-state index is 11.1. The average molecular weight is 348 g/mol. The normalized spacial score (nSPS) is 10.2. The van der Waals surface area contributed by atoms with Gasteiger partial charge in [0.25, 0.3) is 0 Å². The van der Waals surface area contributed by atoms with Gasteiger partial charge in [-0.25, -0.2) is 9.97 Å². The number of hydrogen-bond donors (Lipinski definition) is 3. The van der Waals surface area contributed by atoms with Gasteiger partial charge in [-0.2, -0.15) is 0 Å². The van der Waals surface area contributed by atoms with Crippen molar-refractivity contribution in [2.45, 2.75) is 6.92 Å². The summed E-state index contributed by atoms with van der Waals surface area (Å²) in [5.41, 5.74) is 9.23. The number of nitrogens with one attached hydrogen (secondary N) is 2. The van der Waals surface area contributed by atoms with Gasteiger partial charge in [-0.05, 0) is 36.4 Å². The number of para-hydroxylation sites is 1. The zero-order valence-corrected chi connectivity index (χ0v) is 14.6. The summed E-state index contributed by atoms with van der Waals surface area (Å²) in [5.74, 6) is 1.02. The molecular formula is C19H20N6O. The Kier molecular flexibility index (Phi) is 4.98. The van der Waals surface area contributed by atoms with Gasteiger partial charge in [0.05, 0.1) is 0 Å². The highest BCUT2D eigenvalue weighted by Crippen LogP contribution is 2.31. The Bertz CT molecular complexity index is 896. The summed E-state index contributed by atoms with van der Waals surface area (Å²) in [7, 11) is 1.90. The molecule has 0 saturated heterocycles. The number of nitrogen functional groups attached to an aromatic ring is 1. The number of benzene rings is 2. The Labute approximate surface area is 151 Å². The number of aromatic nitrogens is 2. The highest BCUT2D eigenvalue weighted by atomic mass is 16.1. The van der Waals surface area contributed by atoms with E-state index in [4.69, 9.17) is 5.73 Å². The minimum atomic E-state index is -0.112. The first-order valence-electron chi connectivity index (χ1n) is 8.08. The first-order chi connectivity index (χ1) is 12.5. The van der Waals surface area contributed by atoms with E-state index in [-0.39, 0.29) is 5.91 Å². The molecule has 0 atom stereocenters. The molecule has 132 valence electrons. The molecule has 26 heavy (non-hydrogen) atoms. The number of hydrogen-bond acceptors (Lipinski definition) is 6. The number of rotatable bonds is 5. The summed E-state index contributed by atoms with van der Waals surface area (Å²) in [6.07, 6.45) is 1.47. The van der Waals surface area contributed by atoms with Crippen molar-refractivity contribution in [2.75, 3.05) is 28.3 Å². The molecule has 0 saturated carbocycles. The first-order valence-corrected chi connectivity index (χ1v) is 8.08. The van der Waals surface area contributed by atoms with Gasteiger partial charge in [-0.3, -0.25) is 4.79 Å². The maximum absolute atomic E-state index is 11.1. The van der Waals surface area contributed by atoms with Crippen LogP contribution in [-0.4, -0.2) is 22.9 Å². The predicted molar refractivity (Wildman–Crippen MR) is 105 cm³/mol. The zero-order chi connectivity index (χ0) is 18.5. The lowest BCUT2D eigenvalue weighted by Gasteiger charge is -2.21. The van der Waals surface area contributed by atoms with Gasteiger partial charge in [0, 0.05) is 31.0 Å². The molecule has 0 aliphatic heterocycles. The third kappa shape index (κ3) is 3.89. The Morgan fingerprint density at radius 3 is 2.31 bits per heavy atom. The Morgan fingerprint density at radius 1 is 1.00 bits per heavy atom.